The van der Waals surface area contributed by atoms with E-state index in [9.17, 15) is 75.0 Å². The standard InChI is InChI=1S/C19H8ClF16NO/c20-19(35,36)18(33,34)17(31,32)16(29,30)15(27,28)14(25,26)13(23,24)12(21,22)11(38)37-10-6-5-8-3-1-2-4-9(8)7-10/h1-7H,(H,37,38). The van der Waals surface area contributed by atoms with Crippen LogP contribution >= 0.6 is 11.6 Å². The van der Waals surface area contributed by atoms with Gasteiger partial charge < -0.3 is 5.32 Å². The van der Waals surface area contributed by atoms with Gasteiger partial charge in [-0.1, -0.05) is 30.3 Å². The van der Waals surface area contributed by atoms with E-state index in [4.69, 9.17) is 0 Å². The summed E-state index contributed by atoms with van der Waals surface area (Å²) in [7, 11) is 0. The average molecular weight is 606 g/mol. The largest absolute Gasteiger partial charge is 0.393 e. The second-order valence-electron chi connectivity index (χ2n) is 7.53. The first kappa shape index (κ1) is 31.6. The van der Waals surface area contributed by atoms with Crippen molar-refractivity contribution in [2.45, 2.75) is 46.8 Å². The number of alkyl halides is 17. The van der Waals surface area contributed by atoms with Crippen LogP contribution in [0.15, 0.2) is 42.5 Å². The van der Waals surface area contributed by atoms with E-state index < -0.39 is 58.4 Å². The second kappa shape index (κ2) is 8.94. The maximum absolute atomic E-state index is 14.0. The maximum Gasteiger partial charge on any atom is 0.393 e. The number of amides is 1. The molecule has 0 aliphatic rings. The zero-order valence-corrected chi connectivity index (χ0v) is 18.1. The molecule has 19 heteroatoms. The normalized spacial score (nSPS) is 15.1. The van der Waals surface area contributed by atoms with Gasteiger partial charge in [-0.15, -0.1) is 0 Å². The van der Waals surface area contributed by atoms with E-state index >= 15 is 0 Å². The fourth-order valence-electron chi connectivity index (χ4n) is 2.78. The van der Waals surface area contributed by atoms with E-state index in [1.807, 2.05) is 0 Å². The zero-order valence-electron chi connectivity index (χ0n) is 17.4. The molecule has 1 N–H and O–H groups in total. The monoisotopic (exact) mass is 605 g/mol. The van der Waals surface area contributed by atoms with E-state index in [-0.39, 0.29) is 5.39 Å². The van der Waals surface area contributed by atoms with Crippen molar-refractivity contribution in [2.24, 2.45) is 0 Å². The third-order valence-corrected chi connectivity index (χ3v) is 5.25. The lowest BCUT2D eigenvalue weighted by atomic mass is 9.89. The molecule has 0 saturated heterocycles. The Morgan fingerprint density at radius 3 is 1.39 bits per heavy atom. The van der Waals surface area contributed by atoms with E-state index in [0.717, 1.165) is 17.4 Å². The highest BCUT2D eigenvalue weighted by molar-refractivity contribution is 6.22. The van der Waals surface area contributed by atoms with Crippen molar-refractivity contribution in [1.82, 2.24) is 0 Å². The number of carbonyl (C=O) groups is 1. The summed E-state index contributed by atoms with van der Waals surface area (Å²) in [5, 5.41) is -5.51. The molecule has 2 aromatic carbocycles. The second-order valence-corrected chi connectivity index (χ2v) is 8.01. The number of fused-ring (bicyclic) bond motifs is 1. The molecular formula is C19H8ClF16NO. The molecule has 0 aliphatic heterocycles. The van der Waals surface area contributed by atoms with Crippen LogP contribution in [0.3, 0.4) is 0 Å². The Morgan fingerprint density at radius 1 is 0.553 bits per heavy atom. The molecule has 0 spiro atoms. The van der Waals surface area contributed by atoms with Crippen LogP contribution in [0.1, 0.15) is 0 Å². The quantitative estimate of drug-likeness (QED) is 0.227. The molecule has 0 atom stereocenters. The summed E-state index contributed by atoms with van der Waals surface area (Å²) in [4.78, 5) is 11.6. The van der Waals surface area contributed by atoms with Gasteiger partial charge in [-0.05, 0) is 34.5 Å². The molecule has 1 amide bonds. The number of benzene rings is 2. The van der Waals surface area contributed by atoms with Crippen LogP contribution in [-0.2, 0) is 4.79 Å². The molecule has 0 radical (unpaired) electrons. The molecule has 38 heavy (non-hydrogen) atoms. The predicted octanol–water partition coefficient (Wildman–Crippen LogP) is 8.06. The van der Waals surface area contributed by atoms with Crippen molar-refractivity contribution in [1.29, 1.82) is 0 Å². The van der Waals surface area contributed by atoms with Crippen LogP contribution in [0, 0.1) is 0 Å². The highest BCUT2D eigenvalue weighted by atomic mass is 35.5. The average Bonchev–Trinajstić information content (AvgIpc) is 2.77. The third-order valence-electron chi connectivity index (χ3n) is 5.01. The minimum Gasteiger partial charge on any atom is -0.321 e. The number of carbonyl (C=O) groups excluding carboxylic acids is 1. The van der Waals surface area contributed by atoms with Crippen molar-refractivity contribution in [3.05, 3.63) is 42.5 Å². The molecule has 2 nitrogen and oxygen atoms in total. The lowest BCUT2D eigenvalue weighted by Gasteiger charge is -2.42. The third kappa shape index (κ3) is 4.27. The fraction of sp³-hybridized carbons (Fsp3) is 0.421. The molecule has 214 valence electrons. The number of anilines is 1. The highest BCUT2D eigenvalue weighted by Gasteiger charge is 2.95. The van der Waals surface area contributed by atoms with Gasteiger partial charge in [0, 0.05) is 5.69 Å². The summed E-state index contributed by atoms with van der Waals surface area (Å²) in [6, 6.07) is 8.02. The molecule has 0 heterocycles. The minimum absolute atomic E-state index is 0.108. The Hall–Kier alpha value is -2.66. The van der Waals surface area contributed by atoms with Crippen molar-refractivity contribution in [3.63, 3.8) is 0 Å². The number of halogens is 17. The molecule has 0 aromatic heterocycles. The lowest BCUT2D eigenvalue weighted by molar-refractivity contribution is -0.445. The summed E-state index contributed by atoms with van der Waals surface area (Å²) < 4.78 is 216. The predicted molar refractivity (Wildman–Crippen MR) is 98.0 cm³/mol. The van der Waals surface area contributed by atoms with Crippen LogP contribution < -0.4 is 5.32 Å². The molecule has 0 saturated carbocycles. The number of hydrogen-bond acceptors (Lipinski definition) is 1. The van der Waals surface area contributed by atoms with Crippen molar-refractivity contribution < 1.29 is 75.0 Å². The number of nitrogens with one attached hydrogen (secondary N) is 1. The van der Waals surface area contributed by atoms with Gasteiger partial charge in [0.05, 0.1) is 0 Å². The summed E-state index contributed by atoms with van der Waals surface area (Å²) in [6.07, 6.45) is 0. The highest BCUT2D eigenvalue weighted by Crippen LogP contribution is 2.64. The molecule has 0 aliphatic carbocycles. The summed E-state index contributed by atoms with van der Waals surface area (Å²) in [6.45, 7) is 0. The molecule has 0 bridgehead atoms. The van der Waals surface area contributed by atoms with Crippen molar-refractivity contribution in [3.8, 4) is 0 Å². The van der Waals surface area contributed by atoms with Crippen molar-refractivity contribution >= 4 is 34.0 Å². The minimum atomic E-state index is -8.63. The molecule has 2 rings (SSSR count). The number of rotatable bonds is 9. The first-order valence-corrected chi connectivity index (χ1v) is 9.61. The summed E-state index contributed by atoms with van der Waals surface area (Å²) in [5.74, 6) is -60.6. The van der Waals surface area contributed by atoms with Gasteiger partial charge in [0.25, 0.3) is 0 Å². The summed E-state index contributed by atoms with van der Waals surface area (Å²) in [5.41, 5.74) is -0.861. The van der Waals surface area contributed by atoms with Gasteiger partial charge in [0.2, 0.25) is 0 Å². The first-order valence-electron chi connectivity index (χ1n) is 9.23. The van der Waals surface area contributed by atoms with Gasteiger partial charge in [-0.2, -0.15) is 70.2 Å². The van der Waals surface area contributed by atoms with E-state index in [2.05, 4.69) is 11.6 Å². The lowest BCUT2D eigenvalue weighted by Crippen LogP contribution is -2.75. The van der Waals surface area contributed by atoms with E-state index in [1.54, 1.807) is 0 Å². The topological polar surface area (TPSA) is 29.1 Å². The molecule has 2 aromatic rings. The zero-order chi connectivity index (χ0) is 30.0. The van der Waals surface area contributed by atoms with Gasteiger partial charge in [0.1, 0.15) is 0 Å². The molecular weight excluding hydrogens is 598 g/mol. The Kier molecular flexibility index (Phi) is 7.42. The van der Waals surface area contributed by atoms with Gasteiger partial charge >= 0.3 is 52.7 Å². The van der Waals surface area contributed by atoms with Gasteiger partial charge in [-0.25, -0.2) is 0 Å². The Labute approximate surface area is 204 Å². The van der Waals surface area contributed by atoms with Crippen LogP contribution in [0.5, 0.6) is 0 Å². The summed E-state index contributed by atoms with van der Waals surface area (Å²) >= 11 is 3.45. The smallest absolute Gasteiger partial charge is 0.321 e. The van der Waals surface area contributed by atoms with Crippen LogP contribution in [0.4, 0.5) is 75.9 Å². The van der Waals surface area contributed by atoms with Gasteiger partial charge in [-0.3, -0.25) is 4.79 Å². The van der Waals surface area contributed by atoms with E-state index in [0.29, 0.717) is 11.5 Å². The molecule has 0 fully saturated rings. The molecule has 0 unspecified atom stereocenters. The van der Waals surface area contributed by atoms with Crippen LogP contribution in [0.25, 0.3) is 10.8 Å². The van der Waals surface area contributed by atoms with Gasteiger partial charge in [0.15, 0.2) is 0 Å². The Balaban J connectivity index is 2.52. The van der Waals surface area contributed by atoms with E-state index in [1.165, 1.54) is 24.3 Å². The van der Waals surface area contributed by atoms with Crippen LogP contribution in [-0.4, -0.2) is 52.7 Å². The Morgan fingerprint density at radius 2 is 0.947 bits per heavy atom. The first-order chi connectivity index (χ1) is 16.7. The van der Waals surface area contributed by atoms with Crippen molar-refractivity contribution in [2.75, 3.05) is 5.32 Å². The maximum atomic E-state index is 14.0. The number of hydrogen-bond donors (Lipinski definition) is 1. The Bertz CT molecular complexity index is 1210. The fourth-order valence-corrected chi connectivity index (χ4v) is 2.90. The van der Waals surface area contributed by atoms with Crippen LogP contribution in [0.2, 0.25) is 0 Å². The SMILES string of the molecule is O=C(Nc1ccc2ccccc2c1)C(F)(F)C(F)(F)C(F)(F)C(F)(F)C(F)(F)C(F)(F)C(F)(F)C(F)(F)Cl.